The quantitative estimate of drug-likeness (QED) is 0.639. The number of nitrogen functional groups attached to an aromatic ring is 1. The van der Waals surface area contributed by atoms with Crippen LogP contribution >= 0.6 is 0 Å². The molecule has 5 heteroatoms. The second-order valence-corrected chi connectivity index (χ2v) is 4.10. The lowest BCUT2D eigenvalue weighted by Gasteiger charge is -2.14. The number of H-pyrrole nitrogens is 1. The fourth-order valence-corrected chi connectivity index (χ4v) is 1.96. The highest BCUT2D eigenvalue weighted by Gasteiger charge is 2.54. The highest BCUT2D eigenvalue weighted by molar-refractivity contribution is 5.38. The van der Waals surface area contributed by atoms with Gasteiger partial charge in [0.1, 0.15) is 0 Å². The van der Waals surface area contributed by atoms with Crippen LogP contribution in [0.2, 0.25) is 0 Å². The summed E-state index contributed by atoms with van der Waals surface area (Å²) in [5.41, 5.74) is 5.77. The largest absolute Gasteiger partial charge is 0.368 e. The Labute approximate surface area is 76.1 Å². The minimum absolute atomic E-state index is 0.328. The van der Waals surface area contributed by atoms with Crippen LogP contribution in [0.1, 0.15) is 25.7 Å². The van der Waals surface area contributed by atoms with Gasteiger partial charge in [0.15, 0.2) is 0 Å². The number of rotatable bonds is 3. The number of aromatic nitrogens is 3. The summed E-state index contributed by atoms with van der Waals surface area (Å²) in [4.78, 5) is 4.05. The second-order valence-electron chi connectivity index (χ2n) is 4.10. The van der Waals surface area contributed by atoms with Crippen LogP contribution in [-0.2, 0) is 0 Å². The van der Waals surface area contributed by atoms with Gasteiger partial charge in [0.05, 0.1) is 0 Å². The van der Waals surface area contributed by atoms with E-state index in [1.54, 1.807) is 0 Å². The average molecular weight is 179 g/mol. The van der Waals surface area contributed by atoms with Crippen molar-refractivity contribution in [2.24, 2.45) is 5.92 Å². The molecule has 3 rings (SSSR count). The number of nitrogens with one attached hydrogen (secondary N) is 2. The molecule has 0 saturated heterocycles. The lowest BCUT2D eigenvalue weighted by molar-refractivity contribution is 0.627. The summed E-state index contributed by atoms with van der Waals surface area (Å²) in [5.74, 6) is 1.89. The summed E-state index contributed by atoms with van der Waals surface area (Å²) in [5, 5.41) is 9.99. The van der Waals surface area contributed by atoms with Gasteiger partial charge in [-0.05, 0) is 31.6 Å². The molecule has 70 valence electrons. The van der Waals surface area contributed by atoms with E-state index in [0.29, 0.717) is 17.4 Å². The number of hydrogen-bond acceptors (Lipinski definition) is 4. The minimum Gasteiger partial charge on any atom is -0.368 e. The Bertz CT molecular complexity index is 323. The monoisotopic (exact) mass is 179 g/mol. The van der Waals surface area contributed by atoms with Crippen LogP contribution in [0.5, 0.6) is 0 Å². The first-order valence-corrected chi connectivity index (χ1v) is 4.75. The molecule has 0 radical (unpaired) electrons. The number of hydrogen-bond donors (Lipinski definition) is 3. The smallest absolute Gasteiger partial charge is 0.244 e. The van der Waals surface area contributed by atoms with Crippen LogP contribution in [0.15, 0.2) is 0 Å². The number of aromatic amines is 1. The van der Waals surface area contributed by atoms with E-state index in [-0.39, 0.29) is 0 Å². The van der Waals surface area contributed by atoms with Crippen LogP contribution in [-0.4, -0.2) is 20.7 Å². The van der Waals surface area contributed by atoms with Crippen molar-refractivity contribution >= 4 is 11.9 Å². The van der Waals surface area contributed by atoms with Gasteiger partial charge in [0, 0.05) is 5.54 Å². The number of anilines is 2. The Hall–Kier alpha value is -1.26. The van der Waals surface area contributed by atoms with Gasteiger partial charge in [-0.3, -0.25) is 0 Å². The van der Waals surface area contributed by atoms with Gasteiger partial charge in [0.25, 0.3) is 0 Å². The standard InChI is InChI=1S/C8H13N5/c9-6-10-7(13-12-6)11-8(3-4-8)5-1-2-5/h5H,1-4H2,(H4,9,10,11,12,13). The van der Waals surface area contributed by atoms with Crippen molar-refractivity contribution < 1.29 is 0 Å². The Morgan fingerprint density at radius 1 is 1.46 bits per heavy atom. The van der Waals surface area contributed by atoms with E-state index in [4.69, 9.17) is 5.73 Å². The van der Waals surface area contributed by atoms with Gasteiger partial charge in [-0.1, -0.05) is 0 Å². The summed E-state index contributed by atoms with van der Waals surface area (Å²) >= 11 is 0. The van der Waals surface area contributed by atoms with Crippen molar-refractivity contribution in [3.8, 4) is 0 Å². The normalized spacial score (nSPS) is 24.3. The van der Waals surface area contributed by atoms with Crippen LogP contribution in [0.25, 0.3) is 0 Å². The molecule has 2 aliphatic rings. The van der Waals surface area contributed by atoms with Gasteiger partial charge < -0.3 is 11.1 Å². The van der Waals surface area contributed by atoms with Crippen molar-refractivity contribution in [1.82, 2.24) is 15.2 Å². The summed E-state index contributed by atoms with van der Waals surface area (Å²) in [7, 11) is 0. The van der Waals surface area contributed by atoms with Crippen molar-refractivity contribution in [2.75, 3.05) is 11.1 Å². The fraction of sp³-hybridized carbons (Fsp3) is 0.750. The van der Waals surface area contributed by atoms with E-state index in [1.807, 2.05) is 0 Å². The van der Waals surface area contributed by atoms with E-state index in [1.165, 1.54) is 25.7 Å². The molecule has 2 fully saturated rings. The maximum Gasteiger partial charge on any atom is 0.244 e. The first kappa shape index (κ1) is 7.17. The number of nitrogens with zero attached hydrogens (tertiary/aromatic N) is 2. The third-order valence-corrected chi connectivity index (χ3v) is 3.01. The third-order valence-electron chi connectivity index (χ3n) is 3.01. The maximum absolute atomic E-state index is 5.44. The van der Waals surface area contributed by atoms with E-state index in [9.17, 15) is 0 Å². The summed E-state index contributed by atoms with van der Waals surface area (Å²) in [6, 6.07) is 0. The van der Waals surface area contributed by atoms with Gasteiger partial charge in [-0.25, -0.2) is 5.10 Å². The van der Waals surface area contributed by atoms with E-state index in [0.717, 1.165) is 5.92 Å². The van der Waals surface area contributed by atoms with Crippen LogP contribution in [0, 0.1) is 5.92 Å². The zero-order chi connectivity index (χ0) is 8.89. The first-order chi connectivity index (χ1) is 6.28. The zero-order valence-electron chi connectivity index (χ0n) is 7.38. The molecule has 2 saturated carbocycles. The average Bonchev–Trinajstić information content (AvgIpc) is 2.94. The van der Waals surface area contributed by atoms with E-state index >= 15 is 0 Å². The van der Waals surface area contributed by atoms with Crippen molar-refractivity contribution in [2.45, 2.75) is 31.2 Å². The Kier molecular flexibility index (Phi) is 1.19. The Morgan fingerprint density at radius 3 is 2.69 bits per heavy atom. The molecule has 1 heterocycles. The Balaban J connectivity index is 1.74. The summed E-state index contributed by atoms with van der Waals surface area (Å²) < 4.78 is 0. The van der Waals surface area contributed by atoms with Gasteiger partial charge in [0.2, 0.25) is 11.9 Å². The lowest BCUT2D eigenvalue weighted by atomic mass is 10.1. The molecule has 0 aromatic carbocycles. The molecule has 0 amide bonds. The highest BCUT2D eigenvalue weighted by Crippen LogP contribution is 2.55. The van der Waals surface area contributed by atoms with Gasteiger partial charge in [-0.15, -0.1) is 5.10 Å². The highest BCUT2D eigenvalue weighted by atomic mass is 15.3. The molecule has 5 nitrogen and oxygen atoms in total. The molecule has 0 spiro atoms. The predicted octanol–water partition coefficient (Wildman–Crippen LogP) is 0.741. The van der Waals surface area contributed by atoms with Gasteiger partial charge in [-0.2, -0.15) is 4.98 Å². The molecule has 13 heavy (non-hydrogen) atoms. The molecule has 2 aliphatic carbocycles. The van der Waals surface area contributed by atoms with E-state index < -0.39 is 0 Å². The minimum atomic E-state index is 0.328. The molecule has 0 unspecified atom stereocenters. The predicted molar refractivity (Wildman–Crippen MR) is 49.1 cm³/mol. The lowest BCUT2D eigenvalue weighted by Crippen LogP contribution is -2.24. The van der Waals surface area contributed by atoms with Crippen molar-refractivity contribution in [1.29, 1.82) is 0 Å². The first-order valence-electron chi connectivity index (χ1n) is 4.75. The summed E-state index contributed by atoms with van der Waals surface area (Å²) in [6.07, 6.45) is 5.22. The van der Waals surface area contributed by atoms with Gasteiger partial charge >= 0.3 is 0 Å². The molecule has 1 aromatic rings. The van der Waals surface area contributed by atoms with Crippen LogP contribution in [0.4, 0.5) is 11.9 Å². The Morgan fingerprint density at radius 2 is 2.23 bits per heavy atom. The molecule has 4 N–H and O–H groups in total. The molecular weight excluding hydrogens is 166 g/mol. The molecule has 0 aliphatic heterocycles. The maximum atomic E-state index is 5.44. The fourth-order valence-electron chi connectivity index (χ4n) is 1.96. The van der Waals surface area contributed by atoms with Crippen molar-refractivity contribution in [3.63, 3.8) is 0 Å². The molecular formula is C8H13N5. The SMILES string of the molecule is Nc1nc(NC2(C3CC3)CC2)n[nH]1. The molecule has 1 aromatic heterocycles. The van der Waals surface area contributed by atoms with Crippen LogP contribution in [0.3, 0.4) is 0 Å². The molecule has 0 bridgehead atoms. The summed E-state index contributed by atoms with van der Waals surface area (Å²) in [6.45, 7) is 0. The molecule has 0 atom stereocenters. The number of nitrogens with two attached hydrogens (primary N) is 1. The third kappa shape index (κ3) is 1.15. The van der Waals surface area contributed by atoms with Crippen molar-refractivity contribution in [3.05, 3.63) is 0 Å². The van der Waals surface area contributed by atoms with E-state index in [2.05, 4.69) is 20.5 Å². The second kappa shape index (κ2) is 2.16. The topological polar surface area (TPSA) is 79.6 Å². The zero-order valence-corrected chi connectivity index (χ0v) is 7.38. The van der Waals surface area contributed by atoms with Crippen LogP contribution < -0.4 is 11.1 Å².